The van der Waals surface area contributed by atoms with Crippen LogP contribution in [0.15, 0.2) is 0 Å². The quantitative estimate of drug-likeness (QED) is 0.848. The summed E-state index contributed by atoms with van der Waals surface area (Å²) in [5.74, 6) is -0.229. The molecule has 1 aromatic heterocycles. The van der Waals surface area contributed by atoms with E-state index in [1.54, 1.807) is 6.92 Å². The molecule has 94 valence electrons. The maximum absolute atomic E-state index is 10.9. The summed E-state index contributed by atoms with van der Waals surface area (Å²) >= 11 is 1.23. The summed E-state index contributed by atoms with van der Waals surface area (Å²) in [6.07, 6.45) is 2.52. The van der Waals surface area contributed by atoms with Gasteiger partial charge in [-0.3, -0.25) is 0 Å². The van der Waals surface area contributed by atoms with E-state index in [0.29, 0.717) is 21.9 Å². The van der Waals surface area contributed by atoms with Crippen LogP contribution < -0.4 is 5.32 Å². The van der Waals surface area contributed by atoms with Gasteiger partial charge >= 0.3 is 5.97 Å². The summed E-state index contributed by atoms with van der Waals surface area (Å²) in [5, 5.41) is 13.0. The third-order valence-corrected chi connectivity index (χ3v) is 4.80. The lowest BCUT2D eigenvalue weighted by Crippen LogP contribution is -2.20. The fourth-order valence-electron chi connectivity index (χ4n) is 2.04. The molecule has 4 nitrogen and oxygen atoms in total. The predicted molar refractivity (Wildman–Crippen MR) is 68.8 cm³/mol. The van der Waals surface area contributed by atoms with Gasteiger partial charge in [0.25, 0.3) is 0 Å². The number of carbonyl (C=O) groups is 1. The van der Waals surface area contributed by atoms with Crippen LogP contribution in [-0.4, -0.2) is 22.6 Å². The fourth-order valence-corrected chi connectivity index (χ4v) is 2.84. The Kier molecular flexibility index (Phi) is 3.12. The molecule has 0 spiro atoms. The monoisotopic (exact) mass is 254 g/mol. The van der Waals surface area contributed by atoms with E-state index in [9.17, 15) is 4.79 Å². The van der Waals surface area contributed by atoms with E-state index in [1.165, 1.54) is 24.2 Å². The third kappa shape index (κ3) is 2.44. The van der Waals surface area contributed by atoms with Gasteiger partial charge in [0.05, 0.1) is 5.69 Å². The summed E-state index contributed by atoms with van der Waals surface area (Å²) in [5.41, 5.74) is 1.00. The minimum absolute atomic E-state index is 0.335. The number of thiazole rings is 1. The highest BCUT2D eigenvalue weighted by Crippen LogP contribution is 2.51. The number of hydrogen-bond donors (Lipinski definition) is 2. The van der Waals surface area contributed by atoms with Crippen molar-refractivity contribution in [1.29, 1.82) is 0 Å². The molecule has 5 heteroatoms. The third-order valence-electron chi connectivity index (χ3n) is 3.70. The molecule has 1 fully saturated rings. The van der Waals surface area contributed by atoms with Crippen LogP contribution in [0.25, 0.3) is 0 Å². The number of rotatable bonds is 5. The topological polar surface area (TPSA) is 62.2 Å². The lowest BCUT2D eigenvalue weighted by Gasteiger charge is -2.19. The lowest BCUT2D eigenvalue weighted by molar-refractivity contribution is 0.0701. The van der Waals surface area contributed by atoms with E-state index in [0.717, 1.165) is 11.7 Å². The maximum Gasteiger partial charge on any atom is 0.347 e. The van der Waals surface area contributed by atoms with E-state index in [4.69, 9.17) is 5.11 Å². The smallest absolute Gasteiger partial charge is 0.347 e. The Bertz CT molecular complexity index is 436. The van der Waals surface area contributed by atoms with Crippen LogP contribution in [0, 0.1) is 18.3 Å². The van der Waals surface area contributed by atoms with Gasteiger partial charge < -0.3 is 10.4 Å². The van der Waals surface area contributed by atoms with E-state index in [-0.39, 0.29) is 0 Å². The van der Waals surface area contributed by atoms with Gasteiger partial charge in [-0.1, -0.05) is 25.2 Å². The molecule has 1 aliphatic carbocycles. The van der Waals surface area contributed by atoms with Crippen LogP contribution in [0.2, 0.25) is 0 Å². The van der Waals surface area contributed by atoms with Crippen molar-refractivity contribution in [2.75, 3.05) is 11.9 Å². The lowest BCUT2D eigenvalue weighted by atomic mass is 9.92. The second kappa shape index (κ2) is 4.29. The van der Waals surface area contributed by atoms with Gasteiger partial charge in [-0.2, -0.15) is 0 Å². The molecule has 0 atom stereocenters. The first kappa shape index (κ1) is 12.4. The van der Waals surface area contributed by atoms with Crippen molar-refractivity contribution in [3.05, 3.63) is 10.6 Å². The molecule has 0 unspecified atom stereocenters. The molecule has 0 bridgehead atoms. The van der Waals surface area contributed by atoms with Gasteiger partial charge in [-0.15, -0.1) is 0 Å². The Balaban J connectivity index is 2.00. The first-order valence-electron chi connectivity index (χ1n) is 5.89. The van der Waals surface area contributed by atoms with Gasteiger partial charge in [0.2, 0.25) is 0 Å². The number of anilines is 1. The SMILES string of the molecule is Cc1nc(NCC2(C(C)C)CC2)sc1C(=O)O. The number of aromatic carboxylic acids is 1. The second-order valence-corrected chi connectivity index (χ2v) is 6.11. The number of aryl methyl sites for hydroxylation is 1. The average molecular weight is 254 g/mol. The number of nitrogens with one attached hydrogen (secondary N) is 1. The summed E-state index contributed by atoms with van der Waals surface area (Å²) in [6, 6.07) is 0. The number of carboxylic acid groups (broad SMARTS) is 1. The van der Waals surface area contributed by atoms with Crippen LogP contribution >= 0.6 is 11.3 Å². The van der Waals surface area contributed by atoms with Gasteiger partial charge in [-0.05, 0) is 31.1 Å². The summed E-state index contributed by atoms with van der Waals surface area (Å²) < 4.78 is 0. The standard InChI is InChI=1S/C12H18N2O2S/c1-7(2)12(4-5-12)6-13-11-14-8(3)9(17-11)10(15)16/h7H,4-6H2,1-3H3,(H,13,14)(H,15,16). The molecular weight excluding hydrogens is 236 g/mol. The molecule has 0 saturated heterocycles. The van der Waals surface area contributed by atoms with Crippen molar-refractivity contribution in [3.63, 3.8) is 0 Å². The molecule has 17 heavy (non-hydrogen) atoms. The van der Waals surface area contributed by atoms with Crippen molar-refractivity contribution in [2.24, 2.45) is 11.3 Å². The Morgan fingerprint density at radius 1 is 1.59 bits per heavy atom. The Morgan fingerprint density at radius 3 is 2.65 bits per heavy atom. The van der Waals surface area contributed by atoms with Crippen molar-refractivity contribution >= 4 is 22.4 Å². The Morgan fingerprint density at radius 2 is 2.24 bits per heavy atom. The molecule has 2 N–H and O–H groups in total. The summed E-state index contributed by atoms with van der Waals surface area (Å²) in [6.45, 7) is 7.12. The Labute approximate surface area is 105 Å². The predicted octanol–water partition coefficient (Wildman–Crippen LogP) is 3.00. The van der Waals surface area contributed by atoms with E-state index < -0.39 is 5.97 Å². The second-order valence-electron chi connectivity index (χ2n) is 5.11. The van der Waals surface area contributed by atoms with E-state index >= 15 is 0 Å². The van der Waals surface area contributed by atoms with Crippen LogP contribution in [0.4, 0.5) is 5.13 Å². The molecule has 1 heterocycles. The zero-order valence-electron chi connectivity index (χ0n) is 10.4. The highest BCUT2D eigenvalue weighted by Gasteiger charge is 2.45. The van der Waals surface area contributed by atoms with Crippen molar-refractivity contribution in [1.82, 2.24) is 4.98 Å². The maximum atomic E-state index is 10.9. The zero-order chi connectivity index (χ0) is 12.6. The minimum atomic E-state index is -0.891. The minimum Gasteiger partial charge on any atom is -0.477 e. The number of hydrogen-bond acceptors (Lipinski definition) is 4. The van der Waals surface area contributed by atoms with Gasteiger partial charge in [0.15, 0.2) is 5.13 Å². The highest BCUT2D eigenvalue weighted by molar-refractivity contribution is 7.17. The molecule has 1 saturated carbocycles. The molecule has 0 amide bonds. The normalized spacial score (nSPS) is 17.2. The van der Waals surface area contributed by atoms with E-state index in [2.05, 4.69) is 24.1 Å². The van der Waals surface area contributed by atoms with Crippen LogP contribution in [-0.2, 0) is 0 Å². The fraction of sp³-hybridized carbons (Fsp3) is 0.667. The largest absolute Gasteiger partial charge is 0.477 e. The zero-order valence-corrected chi connectivity index (χ0v) is 11.2. The average Bonchev–Trinajstić information content (AvgIpc) is 2.94. The van der Waals surface area contributed by atoms with Gasteiger partial charge in [0, 0.05) is 6.54 Å². The molecular formula is C12H18N2O2S. The van der Waals surface area contributed by atoms with Crippen LogP contribution in [0.1, 0.15) is 42.1 Å². The molecule has 0 aromatic carbocycles. The first-order chi connectivity index (χ1) is 7.94. The highest BCUT2D eigenvalue weighted by atomic mass is 32.1. The molecule has 1 aromatic rings. The first-order valence-corrected chi connectivity index (χ1v) is 6.71. The van der Waals surface area contributed by atoms with Crippen LogP contribution in [0.3, 0.4) is 0 Å². The molecule has 0 radical (unpaired) electrons. The van der Waals surface area contributed by atoms with Crippen molar-refractivity contribution in [3.8, 4) is 0 Å². The van der Waals surface area contributed by atoms with Crippen molar-refractivity contribution < 1.29 is 9.90 Å². The number of aromatic nitrogens is 1. The molecule has 0 aliphatic heterocycles. The summed E-state index contributed by atoms with van der Waals surface area (Å²) in [4.78, 5) is 15.5. The molecule has 2 rings (SSSR count). The van der Waals surface area contributed by atoms with Crippen molar-refractivity contribution in [2.45, 2.75) is 33.6 Å². The Hall–Kier alpha value is -1.10. The van der Waals surface area contributed by atoms with E-state index in [1.807, 2.05) is 0 Å². The molecule has 1 aliphatic rings. The van der Waals surface area contributed by atoms with Gasteiger partial charge in [0.1, 0.15) is 4.88 Å². The van der Waals surface area contributed by atoms with Crippen LogP contribution in [0.5, 0.6) is 0 Å². The number of carboxylic acids is 1. The van der Waals surface area contributed by atoms with Gasteiger partial charge in [-0.25, -0.2) is 9.78 Å². The summed E-state index contributed by atoms with van der Waals surface area (Å²) in [7, 11) is 0. The number of nitrogens with zero attached hydrogens (tertiary/aromatic N) is 1.